The van der Waals surface area contributed by atoms with Crippen molar-refractivity contribution in [3.05, 3.63) is 52.7 Å². The summed E-state index contributed by atoms with van der Waals surface area (Å²) >= 11 is 0. The molecule has 170 valence electrons. The van der Waals surface area contributed by atoms with Crippen molar-refractivity contribution >= 4 is 17.8 Å². The first-order chi connectivity index (χ1) is 16.1. The fourth-order valence-electron chi connectivity index (χ4n) is 5.02. The van der Waals surface area contributed by atoms with Crippen LogP contribution in [0.15, 0.2) is 30.3 Å². The number of methoxy groups -OCH3 is 1. The Kier molecular flexibility index (Phi) is 5.90. The lowest BCUT2D eigenvalue weighted by atomic mass is 9.96. The second kappa shape index (κ2) is 8.99. The first kappa shape index (κ1) is 21.7. The number of piperazine rings is 1. The fraction of sp³-hybridized carbons (Fsp3) is 0.444. The number of nitrogens with zero attached hydrogens (tertiary/aromatic N) is 4. The van der Waals surface area contributed by atoms with E-state index in [1.165, 1.54) is 11.1 Å². The minimum atomic E-state index is 0.0599. The Morgan fingerprint density at radius 1 is 1.27 bits per heavy atom. The summed E-state index contributed by atoms with van der Waals surface area (Å²) in [6.45, 7) is 4.50. The number of anilines is 1. The molecule has 5 rings (SSSR count). The number of carbonyl (C=O) groups excluding carboxylic acids is 1. The molecule has 0 bridgehead atoms. The third kappa shape index (κ3) is 4.26. The number of carbonyl (C=O) groups is 1. The van der Waals surface area contributed by atoms with Gasteiger partial charge in [-0.15, -0.1) is 0 Å². The van der Waals surface area contributed by atoms with Crippen molar-refractivity contribution in [3.63, 3.8) is 0 Å². The Morgan fingerprint density at radius 3 is 2.85 bits per heavy atom. The molecule has 1 aromatic carbocycles. The molecule has 2 heterocycles. The van der Waals surface area contributed by atoms with Gasteiger partial charge in [0.25, 0.3) is 0 Å². The van der Waals surface area contributed by atoms with Crippen molar-refractivity contribution in [2.45, 2.75) is 44.6 Å². The minimum absolute atomic E-state index is 0.0599. The van der Waals surface area contributed by atoms with Crippen LogP contribution in [0.2, 0.25) is 0 Å². The molecule has 1 saturated heterocycles. The summed E-state index contributed by atoms with van der Waals surface area (Å²) in [5.74, 6) is 1.35. The first-order valence-electron chi connectivity index (χ1n) is 11.9. The highest BCUT2D eigenvalue weighted by atomic mass is 16.5. The monoisotopic (exact) mass is 442 g/mol. The number of allylic oxidation sites excluding steroid dienone is 1. The van der Waals surface area contributed by atoms with Gasteiger partial charge in [0.1, 0.15) is 11.9 Å². The van der Waals surface area contributed by atoms with E-state index in [1.54, 1.807) is 7.11 Å². The SMILES string of the molecule is COCCC(=O)N1CCN(c2nc(C3CC3)c(-c3ccc4c(c3)CC=C4)cc2C#N)C[C@H]1C. The van der Waals surface area contributed by atoms with E-state index in [2.05, 4.69) is 48.2 Å². The molecule has 6 nitrogen and oxygen atoms in total. The predicted octanol–water partition coefficient (Wildman–Crippen LogP) is 4.14. The van der Waals surface area contributed by atoms with Crippen LogP contribution in [0.4, 0.5) is 5.82 Å². The molecular weight excluding hydrogens is 412 g/mol. The lowest BCUT2D eigenvalue weighted by Gasteiger charge is -2.41. The smallest absolute Gasteiger partial charge is 0.225 e. The van der Waals surface area contributed by atoms with Crippen molar-refractivity contribution in [3.8, 4) is 17.2 Å². The molecule has 1 amide bonds. The molecule has 1 saturated carbocycles. The molecule has 1 aromatic heterocycles. The summed E-state index contributed by atoms with van der Waals surface area (Å²) in [7, 11) is 1.62. The highest BCUT2D eigenvalue weighted by Gasteiger charge is 2.33. The Hall–Kier alpha value is -3.17. The number of fused-ring (bicyclic) bond motifs is 1. The van der Waals surface area contributed by atoms with Crippen molar-refractivity contribution in [2.24, 2.45) is 0 Å². The van der Waals surface area contributed by atoms with Crippen LogP contribution >= 0.6 is 0 Å². The molecule has 2 aromatic rings. The highest BCUT2D eigenvalue weighted by molar-refractivity contribution is 5.78. The van der Waals surface area contributed by atoms with Crippen LogP contribution in [-0.4, -0.2) is 55.2 Å². The third-order valence-electron chi connectivity index (χ3n) is 6.97. The summed E-state index contributed by atoms with van der Waals surface area (Å²) in [4.78, 5) is 21.8. The van der Waals surface area contributed by atoms with E-state index in [1.807, 2.05) is 11.0 Å². The molecule has 1 aliphatic heterocycles. The summed E-state index contributed by atoms with van der Waals surface area (Å²) in [6.07, 6.45) is 8.03. The van der Waals surface area contributed by atoms with Crippen molar-refractivity contribution < 1.29 is 9.53 Å². The van der Waals surface area contributed by atoms with Gasteiger partial charge in [0.2, 0.25) is 5.91 Å². The maximum Gasteiger partial charge on any atom is 0.225 e. The normalized spacial score (nSPS) is 19.5. The van der Waals surface area contributed by atoms with E-state index < -0.39 is 0 Å². The molecule has 0 radical (unpaired) electrons. The second-order valence-corrected chi connectivity index (χ2v) is 9.32. The van der Waals surface area contributed by atoms with E-state index >= 15 is 0 Å². The maximum atomic E-state index is 12.5. The van der Waals surface area contributed by atoms with Crippen LogP contribution in [-0.2, 0) is 16.0 Å². The number of benzene rings is 1. The van der Waals surface area contributed by atoms with Gasteiger partial charge >= 0.3 is 0 Å². The average Bonchev–Trinajstić information content (AvgIpc) is 3.58. The van der Waals surface area contributed by atoms with Gasteiger partial charge in [0.05, 0.1) is 24.3 Å². The number of amides is 1. The molecule has 0 spiro atoms. The van der Waals surface area contributed by atoms with E-state index in [-0.39, 0.29) is 11.9 Å². The van der Waals surface area contributed by atoms with E-state index in [0.717, 1.165) is 41.9 Å². The Balaban J connectivity index is 1.44. The van der Waals surface area contributed by atoms with Gasteiger partial charge in [-0.3, -0.25) is 4.79 Å². The van der Waals surface area contributed by atoms with Crippen molar-refractivity contribution in [2.75, 3.05) is 38.3 Å². The van der Waals surface area contributed by atoms with Crippen molar-refractivity contribution in [1.82, 2.24) is 9.88 Å². The quantitative estimate of drug-likeness (QED) is 0.673. The van der Waals surface area contributed by atoms with Crippen LogP contribution in [0.5, 0.6) is 0 Å². The molecule has 6 heteroatoms. The molecule has 0 N–H and O–H groups in total. The molecule has 33 heavy (non-hydrogen) atoms. The van der Waals surface area contributed by atoms with E-state index in [9.17, 15) is 10.1 Å². The Bertz CT molecular complexity index is 1150. The summed E-state index contributed by atoms with van der Waals surface area (Å²) in [6, 6.07) is 11.1. The third-order valence-corrected chi connectivity index (χ3v) is 6.97. The van der Waals surface area contributed by atoms with Gasteiger partial charge in [-0.2, -0.15) is 5.26 Å². The largest absolute Gasteiger partial charge is 0.384 e. The summed E-state index contributed by atoms with van der Waals surface area (Å²) in [5, 5.41) is 10.0. The number of hydrogen-bond donors (Lipinski definition) is 0. The summed E-state index contributed by atoms with van der Waals surface area (Å²) < 4.78 is 5.07. The van der Waals surface area contributed by atoms with Crippen LogP contribution < -0.4 is 4.90 Å². The zero-order valence-corrected chi connectivity index (χ0v) is 19.4. The van der Waals surface area contributed by atoms with Gasteiger partial charge in [-0.1, -0.05) is 30.4 Å². The number of rotatable bonds is 6. The topological polar surface area (TPSA) is 69.5 Å². The van der Waals surface area contributed by atoms with E-state index in [4.69, 9.17) is 9.72 Å². The number of aromatic nitrogens is 1. The summed E-state index contributed by atoms with van der Waals surface area (Å²) in [5.41, 5.74) is 6.58. The van der Waals surface area contributed by atoms with Crippen LogP contribution in [0, 0.1) is 11.3 Å². The van der Waals surface area contributed by atoms with Crippen LogP contribution in [0.1, 0.15) is 54.5 Å². The number of nitriles is 1. The lowest BCUT2D eigenvalue weighted by molar-refractivity contribution is -0.134. The zero-order valence-electron chi connectivity index (χ0n) is 19.4. The molecule has 1 atom stereocenters. The maximum absolute atomic E-state index is 12.5. The van der Waals surface area contributed by atoms with Crippen LogP contribution in [0.25, 0.3) is 17.2 Å². The van der Waals surface area contributed by atoms with Crippen LogP contribution in [0.3, 0.4) is 0 Å². The van der Waals surface area contributed by atoms with Gasteiger partial charge in [-0.05, 0) is 48.9 Å². The Morgan fingerprint density at radius 2 is 2.12 bits per heavy atom. The molecule has 2 fully saturated rings. The first-order valence-corrected chi connectivity index (χ1v) is 11.9. The molecule has 0 unspecified atom stereocenters. The number of hydrogen-bond acceptors (Lipinski definition) is 5. The lowest BCUT2D eigenvalue weighted by Crippen LogP contribution is -2.54. The highest BCUT2D eigenvalue weighted by Crippen LogP contribution is 2.45. The fourth-order valence-corrected chi connectivity index (χ4v) is 5.02. The molecule has 2 aliphatic carbocycles. The van der Waals surface area contributed by atoms with Crippen molar-refractivity contribution in [1.29, 1.82) is 5.26 Å². The Labute approximate surface area is 195 Å². The minimum Gasteiger partial charge on any atom is -0.384 e. The number of pyridine rings is 1. The van der Waals surface area contributed by atoms with E-state index in [0.29, 0.717) is 44.1 Å². The van der Waals surface area contributed by atoms with Gasteiger partial charge in [0, 0.05) is 44.3 Å². The van der Waals surface area contributed by atoms with Gasteiger partial charge in [-0.25, -0.2) is 4.98 Å². The molecule has 3 aliphatic rings. The average molecular weight is 443 g/mol. The van der Waals surface area contributed by atoms with Gasteiger partial charge < -0.3 is 14.5 Å². The predicted molar refractivity (Wildman–Crippen MR) is 129 cm³/mol. The second-order valence-electron chi connectivity index (χ2n) is 9.32. The number of ether oxygens (including phenoxy) is 1. The zero-order chi connectivity index (χ0) is 22.9. The molecular formula is C27H30N4O2. The van der Waals surface area contributed by atoms with Gasteiger partial charge in [0.15, 0.2) is 0 Å². The standard InChI is InChI=1S/C27H30N4O2/c1-18-17-30(11-12-31(18)25(32)10-13-33-2)27-23(16-28)15-24(26(29-27)20-7-8-20)22-9-6-19-4-3-5-21(19)14-22/h3-4,6,9,14-15,18,20H,5,7-8,10-13,17H2,1-2H3/t18-/m1/s1.